The maximum Gasteiger partial charge on any atom is 0.219 e. The summed E-state index contributed by atoms with van der Waals surface area (Å²) in [5.74, 6) is 1.14. The molecule has 0 saturated carbocycles. The second-order valence-corrected chi connectivity index (χ2v) is 3.87. The van der Waals surface area contributed by atoms with Crippen LogP contribution in [0.4, 0.5) is 5.69 Å². The number of rotatable bonds is 2. The van der Waals surface area contributed by atoms with Crippen LogP contribution in [-0.4, -0.2) is 4.98 Å². The lowest BCUT2D eigenvalue weighted by atomic mass is 10.3. The molecule has 1 heterocycles. The summed E-state index contributed by atoms with van der Waals surface area (Å²) in [4.78, 5) is 4.09. The van der Waals surface area contributed by atoms with Gasteiger partial charge in [-0.1, -0.05) is 12.1 Å². The fraction of sp³-hybridized carbons (Fsp3) is 0. The predicted molar refractivity (Wildman–Crippen MR) is 62.9 cm³/mol. The normalized spacial score (nSPS) is 9.93. The molecule has 2 rings (SSSR count). The number of para-hydroxylation sites is 2. The van der Waals surface area contributed by atoms with Gasteiger partial charge >= 0.3 is 0 Å². The van der Waals surface area contributed by atoms with Crippen LogP contribution in [0.1, 0.15) is 0 Å². The van der Waals surface area contributed by atoms with E-state index in [2.05, 4.69) is 20.9 Å². The third-order valence-electron chi connectivity index (χ3n) is 1.83. The van der Waals surface area contributed by atoms with Crippen molar-refractivity contribution in [2.45, 2.75) is 0 Å². The van der Waals surface area contributed by atoms with Crippen molar-refractivity contribution in [3.8, 4) is 11.6 Å². The van der Waals surface area contributed by atoms with Crippen LogP contribution in [0.3, 0.4) is 0 Å². The first-order valence-electron chi connectivity index (χ1n) is 4.39. The van der Waals surface area contributed by atoms with Gasteiger partial charge in [0, 0.05) is 16.7 Å². The third kappa shape index (κ3) is 2.47. The van der Waals surface area contributed by atoms with Gasteiger partial charge in [0.05, 0.1) is 5.69 Å². The maximum atomic E-state index is 5.74. The van der Waals surface area contributed by atoms with Crippen LogP contribution < -0.4 is 10.5 Å². The van der Waals surface area contributed by atoms with Gasteiger partial charge < -0.3 is 10.5 Å². The van der Waals surface area contributed by atoms with Crippen LogP contribution in [-0.2, 0) is 0 Å². The lowest BCUT2D eigenvalue weighted by molar-refractivity contribution is 0.465. The van der Waals surface area contributed by atoms with Crippen molar-refractivity contribution in [1.29, 1.82) is 0 Å². The highest BCUT2D eigenvalue weighted by Crippen LogP contribution is 2.25. The molecule has 1 aromatic heterocycles. The van der Waals surface area contributed by atoms with Gasteiger partial charge in [0.25, 0.3) is 0 Å². The summed E-state index contributed by atoms with van der Waals surface area (Å²) >= 11 is 3.30. The summed E-state index contributed by atoms with van der Waals surface area (Å²) in [6, 6.07) is 11.0. The number of ether oxygens (including phenoxy) is 1. The van der Waals surface area contributed by atoms with Crippen LogP contribution in [0.2, 0.25) is 0 Å². The number of nitrogens with zero attached hydrogens (tertiary/aromatic N) is 1. The highest BCUT2D eigenvalue weighted by molar-refractivity contribution is 9.10. The first-order chi connectivity index (χ1) is 7.25. The molecular formula is C11H9BrN2O. The van der Waals surface area contributed by atoms with Crippen molar-refractivity contribution >= 4 is 21.6 Å². The Balaban J connectivity index is 2.22. The Labute approximate surface area is 96.0 Å². The summed E-state index contributed by atoms with van der Waals surface area (Å²) in [5, 5.41) is 0. The number of pyridine rings is 1. The molecule has 1 aromatic carbocycles. The molecule has 0 aliphatic rings. The van der Waals surface area contributed by atoms with E-state index in [4.69, 9.17) is 10.5 Å². The largest absolute Gasteiger partial charge is 0.437 e. The molecule has 15 heavy (non-hydrogen) atoms. The maximum absolute atomic E-state index is 5.74. The van der Waals surface area contributed by atoms with Crippen LogP contribution in [0.25, 0.3) is 0 Å². The van der Waals surface area contributed by atoms with Crippen molar-refractivity contribution in [3.05, 3.63) is 47.1 Å². The standard InChI is InChI=1S/C11H9BrN2O/c12-8-5-6-11(14-7-8)15-10-4-2-1-3-9(10)13/h1-7H,13H2. The molecule has 0 aliphatic heterocycles. The number of nitrogen functional groups attached to an aromatic ring is 1. The number of hydrogen-bond acceptors (Lipinski definition) is 3. The van der Waals surface area contributed by atoms with E-state index in [1.54, 1.807) is 24.4 Å². The summed E-state index contributed by atoms with van der Waals surface area (Å²) in [6.07, 6.45) is 1.68. The van der Waals surface area contributed by atoms with Gasteiger partial charge in [-0.25, -0.2) is 4.98 Å². The van der Waals surface area contributed by atoms with Gasteiger partial charge in [-0.3, -0.25) is 0 Å². The first-order valence-corrected chi connectivity index (χ1v) is 5.19. The van der Waals surface area contributed by atoms with E-state index in [0.29, 0.717) is 17.3 Å². The first kappa shape index (κ1) is 9.98. The van der Waals surface area contributed by atoms with Crippen molar-refractivity contribution in [1.82, 2.24) is 4.98 Å². The number of aromatic nitrogens is 1. The molecule has 76 valence electrons. The molecule has 0 aliphatic carbocycles. The summed E-state index contributed by atoms with van der Waals surface area (Å²) in [7, 11) is 0. The number of hydrogen-bond donors (Lipinski definition) is 1. The zero-order chi connectivity index (χ0) is 10.7. The molecule has 4 heteroatoms. The second kappa shape index (κ2) is 4.31. The van der Waals surface area contributed by atoms with Gasteiger partial charge in [-0.15, -0.1) is 0 Å². The van der Waals surface area contributed by atoms with E-state index in [1.807, 2.05) is 18.2 Å². The molecule has 0 radical (unpaired) electrons. The fourth-order valence-electron chi connectivity index (χ4n) is 1.11. The summed E-state index contributed by atoms with van der Waals surface area (Å²) in [5.41, 5.74) is 6.34. The predicted octanol–water partition coefficient (Wildman–Crippen LogP) is 3.22. The van der Waals surface area contributed by atoms with E-state index in [-0.39, 0.29) is 0 Å². The van der Waals surface area contributed by atoms with Gasteiger partial charge in [0.2, 0.25) is 5.88 Å². The average molecular weight is 265 g/mol. The molecule has 0 unspecified atom stereocenters. The van der Waals surface area contributed by atoms with Crippen molar-refractivity contribution in [2.24, 2.45) is 0 Å². The van der Waals surface area contributed by atoms with Gasteiger partial charge in [-0.2, -0.15) is 0 Å². The Kier molecular flexibility index (Phi) is 2.87. The van der Waals surface area contributed by atoms with Crippen LogP contribution in [0.5, 0.6) is 11.6 Å². The summed E-state index contributed by atoms with van der Waals surface area (Å²) < 4.78 is 6.42. The van der Waals surface area contributed by atoms with Crippen LogP contribution in [0.15, 0.2) is 47.1 Å². The number of benzene rings is 1. The zero-order valence-corrected chi connectivity index (χ0v) is 9.44. The molecule has 0 atom stereocenters. The Morgan fingerprint density at radius 1 is 1.13 bits per heavy atom. The van der Waals surface area contributed by atoms with Crippen LogP contribution >= 0.6 is 15.9 Å². The number of anilines is 1. The lowest BCUT2D eigenvalue weighted by Gasteiger charge is -2.06. The monoisotopic (exact) mass is 264 g/mol. The number of halogens is 1. The molecule has 3 nitrogen and oxygen atoms in total. The Hall–Kier alpha value is -1.55. The highest BCUT2D eigenvalue weighted by Gasteiger charge is 2.01. The van der Waals surface area contributed by atoms with E-state index in [9.17, 15) is 0 Å². The molecule has 0 spiro atoms. The molecule has 0 saturated heterocycles. The van der Waals surface area contributed by atoms with Crippen molar-refractivity contribution in [3.63, 3.8) is 0 Å². The Morgan fingerprint density at radius 3 is 2.60 bits per heavy atom. The second-order valence-electron chi connectivity index (χ2n) is 2.95. The summed E-state index contributed by atoms with van der Waals surface area (Å²) in [6.45, 7) is 0. The molecule has 0 bridgehead atoms. The third-order valence-corrected chi connectivity index (χ3v) is 2.30. The topological polar surface area (TPSA) is 48.1 Å². The quantitative estimate of drug-likeness (QED) is 0.848. The van der Waals surface area contributed by atoms with E-state index >= 15 is 0 Å². The minimum absolute atomic E-state index is 0.524. The average Bonchev–Trinajstić information content (AvgIpc) is 2.25. The fourth-order valence-corrected chi connectivity index (χ4v) is 1.34. The molecule has 0 fully saturated rings. The number of nitrogens with two attached hydrogens (primary N) is 1. The lowest BCUT2D eigenvalue weighted by Crippen LogP contribution is -1.92. The highest BCUT2D eigenvalue weighted by atomic mass is 79.9. The van der Waals surface area contributed by atoms with E-state index in [0.717, 1.165) is 4.47 Å². The van der Waals surface area contributed by atoms with Crippen LogP contribution in [0, 0.1) is 0 Å². The van der Waals surface area contributed by atoms with E-state index < -0.39 is 0 Å². The van der Waals surface area contributed by atoms with Crippen molar-refractivity contribution in [2.75, 3.05) is 5.73 Å². The van der Waals surface area contributed by atoms with Crippen molar-refractivity contribution < 1.29 is 4.74 Å². The minimum Gasteiger partial charge on any atom is -0.437 e. The molecular weight excluding hydrogens is 256 g/mol. The molecule has 2 N–H and O–H groups in total. The zero-order valence-electron chi connectivity index (χ0n) is 7.85. The van der Waals surface area contributed by atoms with Gasteiger partial charge in [-0.05, 0) is 34.1 Å². The van der Waals surface area contributed by atoms with Gasteiger partial charge in [0.15, 0.2) is 5.75 Å². The Bertz CT molecular complexity index is 456. The van der Waals surface area contributed by atoms with E-state index in [1.165, 1.54) is 0 Å². The smallest absolute Gasteiger partial charge is 0.219 e. The molecule has 0 amide bonds. The Morgan fingerprint density at radius 2 is 1.93 bits per heavy atom. The molecule has 2 aromatic rings. The minimum atomic E-state index is 0.524. The van der Waals surface area contributed by atoms with Gasteiger partial charge in [0.1, 0.15) is 0 Å². The SMILES string of the molecule is Nc1ccccc1Oc1ccc(Br)cn1.